The summed E-state index contributed by atoms with van der Waals surface area (Å²) in [6.45, 7) is 6.93. The summed E-state index contributed by atoms with van der Waals surface area (Å²) in [5, 5.41) is 2.40. The lowest BCUT2D eigenvalue weighted by Crippen LogP contribution is -3.24. The first-order valence-electron chi connectivity index (χ1n) is 11.5. The number of anilines is 1. The lowest BCUT2D eigenvalue weighted by Gasteiger charge is -2.50. The second kappa shape index (κ2) is 7.59. The molecule has 6 rings (SSSR count). The Morgan fingerprint density at radius 2 is 1.70 bits per heavy atom. The van der Waals surface area contributed by atoms with Crippen LogP contribution in [0.3, 0.4) is 0 Å². The van der Waals surface area contributed by atoms with Crippen LogP contribution >= 0.6 is 0 Å². The Kier molecular flexibility index (Phi) is 4.74. The van der Waals surface area contributed by atoms with E-state index in [2.05, 4.69) is 35.2 Å². The first-order valence-corrected chi connectivity index (χ1v) is 11.5. The third-order valence-corrected chi connectivity index (χ3v) is 7.32. The van der Waals surface area contributed by atoms with Gasteiger partial charge in [0.15, 0.2) is 17.6 Å². The van der Waals surface area contributed by atoms with Gasteiger partial charge >= 0.3 is 0 Å². The van der Waals surface area contributed by atoms with Crippen LogP contribution in [0.4, 0.5) is 5.69 Å². The number of rotatable bonds is 2. The molecule has 0 radical (unpaired) electrons. The molecule has 0 aromatic heterocycles. The third kappa shape index (κ3) is 2.96. The van der Waals surface area contributed by atoms with Gasteiger partial charge in [-0.25, -0.2) is 0 Å². The highest BCUT2D eigenvalue weighted by atomic mass is 16.6. The van der Waals surface area contributed by atoms with Gasteiger partial charge in [-0.3, -0.25) is 4.90 Å². The van der Waals surface area contributed by atoms with Crippen LogP contribution in [-0.2, 0) is 9.47 Å². The molecule has 2 atom stereocenters. The van der Waals surface area contributed by atoms with Crippen molar-refractivity contribution in [2.75, 3.05) is 57.5 Å². The molecule has 4 aliphatic rings. The second-order valence-electron chi connectivity index (χ2n) is 8.93. The molecule has 2 aromatic rings. The molecule has 6 heteroatoms. The van der Waals surface area contributed by atoms with Crippen LogP contribution < -0.4 is 19.3 Å². The fourth-order valence-corrected chi connectivity index (χ4v) is 5.81. The van der Waals surface area contributed by atoms with Gasteiger partial charge in [-0.15, -0.1) is 0 Å². The molecule has 2 aromatic carbocycles. The minimum atomic E-state index is -0.292. The van der Waals surface area contributed by atoms with Crippen molar-refractivity contribution in [2.45, 2.75) is 37.5 Å². The summed E-state index contributed by atoms with van der Waals surface area (Å²) in [6, 6.07) is 10.8. The molecule has 30 heavy (non-hydrogen) atoms. The SMILES string of the molecule is c1ccc2c3c(cc(N4CCOCC4)c2c1)O[C@]1([NH+]2CCOCC2)CCCC[C@@H]1O3. The standard InChI is InChI=1S/C24H30N2O4/c1-2-6-19-18(5-1)20(25-9-13-27-14-10-25)17-21-23(19)29-22-7-3-4-8-24(22,30-21)26-11-15-28-16-12-26/h1-2,5-6,17,22H,3-4,7-16H2/p+1/t22-,24+/m0/s1. The molecule has 1 aliphatic carbocycles. The van der Waals surface area contributed by atoms with Crippen LogP contribution in [-0.4, -0.2) is 64.4 Å². The van der Waals surface area contributed by atoms with Gasteiger partial charge in [0.25, 0.3) is 5.72 Å². The third-order valence-electron chi connectivity index (χ3n) is 7.32. The van der Waals surface area contributed by atoms with Gasteiger partial charge in [0.05, 0.1) is 26.4 Å². The average Bonchev–Trinajstić information content (AvgIpc) is 2.83. The van der Waals surface area contributed by atoms with Gasteiger partial charge < -0.3 is 23.8 Å². The van der Waals surface area contributed by atoms with Crippen LogP contribution in [0.15, 0.2) is 30.3 Å². The van der Waals surface area contributed by atoms with Crippen molar-refractivity contribution in [1.82, 2.24) is 0 Å². The van der Waals surface area contributed by atoms with Crippen molar-refractivity contribution in [3.05, 3.63) is 30.3 Å². The predicted octanol–water partition coefficient (Wildman–Crippen LogP) is 2.00. The van der Waals surface area contributed by atoms with E-state index in [-0.39, 0.29) is 11.8 Å². The number of fused-ring (bicyclic) bond motifs is 4. The lowest BCUT2D eigenvalue weighted by molar-refractivity contribution is -0.986. The van der Waals surface area contributed by atoms with Gasteiger partial charge in [-0.05, 0) is 19.3 Å². The Bertz CT molecular complexity index is 923. The summed E-state index contributed by atoms with van der Waals surface area (Å²) in [6.07, 6.45) is 4.61. The van der Waals surface area contributed by atoms with Crippen LogP contribution in [0.5, 0.6) is 11.5 Å². The van der Waals surface area contributed by atoms with Crippen molar-refractivity contribution in [2.24, 2.45) is 0 Å². The Hall–Kier alpha value is -2.02. The van der Waals surface area contributed by atoms with E-state index in [1.807, 2.05) is 0 Å². The van der Waals surface area contributed by atoms with E-state index < -0.39 is 0 Å². The molecule has 3 aliphatic heterocycles. The fourth-order valence-electron chi connectivity index (χ4n) is 5.81. The van der Waals surface area contributed by atoms with Crippen molar-refractivity contribution in [3.8, 4) is 11.5 Å². The van der Waals surface area contributed by atoms with E-state index in [1.54, 1.807) is 0 Å². The Morgan fingerprint density at radius 1 is 0.933 bits per heavy atom. The lowest BCUT2D eigenvalue weighted by atomic mass is 9.85. The topological polar surface area (TPSA) is 44.6 Å². The maximum absolute atomic E-state index is 7.03. The van der Waals surface area contributed by atoms with Crippen LogP contribution in [0.25, 0.3) is 10.8 Å². The second-order valence-corrected chi connectivity index (χ2v) is 8.93. The molecule has 6 nitrogen and oxygen atoms in total. The zero-order valence-corrected chi connectivity index (χ0v) is 17.5. The van der Waals surface area contributed by atoms with Crippen LogP contribution in [0.2, 0.25) is 0 Å². The van der Waals surface area contributed by atoms with Gasteiger partial charge in [0.2, 0.25) is 0 Å². The van der Waals surface area contributed by atoms with Crippen LogP contribution in [0.1, 0.15) is 25.7 Å². The van der Waals surface area contributed by atoms with Gasteiger partial charge in [0, 0.05) is 42.0 Å². The summed E-state index contributed by atoms with van der Waals surface area (Å²) in [4.78, 5) is 3.92. The smallest absolute Gasteiger partial charge is 0.279 e. The van der Waals surface area contributed by atoms with E-state index in [9.17, 15) is 0 Å². The monoisotopic (exact) mass is 411 g/mol. The molecule has 0 bridgehead atoms. The minimum absolute atomic E-state index is 0.101. The fraction of sp³-hybridized carbons (Fsp3) is 0.583. The molecule has 0 amide bonds. The first-order chi connectivity index (χ1) is 14.9. The molecular weight excluding hydrogens is 380 g/mol. The normalized spacial score (nSPS) is 29.6. The number of morpholine rings is 2. The first kappa shape index (κ1) is 18.7. The number of benzene rings is 2. The van der Waals surface area contributed by atoms with Crippen molar-refractivity contribution in [1.29, 1.82) is 0 Å². The molecule has 3 heterocycles. The highest BCUT2D eigenvalue weighted by Crippen LogP contribution is 2.48. The molecule has 160 valence electrons. The van der Waals surface area contributed by atoms with Crippen LogP contribution in [0, 0.1) is 0 Å². The zero-order valence-electron chi connectivity index (χ0n) is 17.5. The zero-order chi connectivity index (χ0) is 20.0. The highest BCUT2D eigenvalue weighted by molar-refractivity contribution is 6.00. The van der Waals surface area contributed by atoms with Gasteiger partial charge in [-0.2, -0.15) is 0 Å². The summed E-state index contributed by atoms with van der Waals surface area (Å²) < 4.78 is 25.1. The Morgan fingerprint density at radius 3 is 2.53 bits per heavy atom. The van der Waals surface area contributed by atoms with E-state index >= 15 is 0 Å². The number of nitrogens with zero attached hydrogens (tertiary/aromatic N) is 1. The number of nitrogens with one attached hydrogen (secondary N) is 1. The quantitative estimate of drug-likeness (QED) is 0.819. The van der Waals surface area contributed by atoms with E-state index in [1.165, 1.54) is 28.8 Å². The maximum Gasteiger partial charge on any atom is 0.279 e. The summed E-state index contributed by atoms with van der Waals surface area (Å²) in [5.41, 5.74) is 0.942. The predicted molar refractivity (Wildman–Crippen MR) is 115 cm³/mol. The summed E-state index contributed by atoms with van der Waals surface area (Å²) >= 11 is 0. The molecular formula is C24H31N2O4+. The van der Waals surface area contributed by atoms with Crippen molar-refractivity contribution < 1.29 is 23.8 Å². The molecule has 1 N–H and O–H groups in total. The molecule has 1 saturated carbocycles. The largest absolute Gasteiger partial charge is 0.475 e. The Balaban J connectivity index is 1.47. The molecule has 0 unspecified atom stereocenters. The maximum atomic E-state index is 7.03. The number of quaternary nitrogens is 1. The van der Waals surface area contributed by atoms with Crippen molar-refractivity contribution in [3.63, 3.8) is 0 Å². The molecule has 3 fully saturated rings. The van der Waals surface area contributed by atoms with Crippen molar-refractivity contribution >= 4 is 16.5 Å². The number of ether oxygens (including phenoxy) is 4. The average molecular weight is 412 g/mol. The highest BCUT2D eigenvalue weighted by Gasteiger charge is 2.56. The summed E-state index contributed by atoms with van der Waals surface area (Å²) in [7, 11) is 0. The van der Waals surface area contributed by atoms with E-state index in [0.29, 0.717) is 0 Å². The molecule has 2 saturated heterocycles. The van der Waals surface area contributed by atoms with Gasteiger partial charge in [0.1, 0.15) is 13.1 Å². The van der Waals surface area contributed by atoms with E-state index in [4.69, 9.17) is 18.9 Å². The van der Waals surface area contributed by atoms with Gasteiger partial charge in [-0.1, -0.05) is 24.3 Å². The Labute approximate surface area is 177 Å². The molecule has 0 spiro atoms. The minimum Gasteiger partial charge on any atom is -0.475 e. The number of hydrogen-bond donors (Lipinski definition) is 1. The van der Waals surface area contributed by atoms with E-state index in [0.717, 1.165) is 82.3 Å². The number of hydrogen-bond acceptors (Lipinski definition) is 5. The summed E-state index contributed by atoms with van der Waals surface area (Å²) in [5.74, 6) is 1.84.